The van der Waals surface area contributed by atoms with Crippen LogP contribution in [0.4, 0.5) is 5.69 Å². The van der Waals surface area contributed by atoms with Gasteiger partial charge in [0.25, 0.3) is 0 Å². The number of piperidine rings is 1. The van der Waals surface area contributed by atoms with Crippen molar-refractivity contribution in [3.05, 3.63) is 45.8 Å². The largest absolute Gasteiger partial charge is 0.323 e. The second-order valence-corrected chi connectivity index (χ2v) is 10.3. The highest BCUT2D eigenvalue weighted by molar-refractivity contribution is 7.91. The fourth-order valence-electron chi connectivity index (χ4n) is 3.10. The van der Waals surface area contributed by atoms with Crippen molar-refractivity contribution in [1.29, 1.82) is 0 Å². The van der Waals surface area contributed by atoms with E-state index in [1.54, 1.807) is 35.7 Å². The van der Waals surface area contributed by atoms with Crippen LogP contribution in [0.15, 0.2) is 39.9 Å². The van der Waals surface area contributed by atoms with E-state index in [-0.39, 0.29) is 18.0 Å². The molecule has 0 bridgehead atoms. The first kappa shape index (κ1) is 21.5. The minimum absolute atomic E-state index is 0.138. The van der Waals surface area contributed by atoms with Gasteiger partial charge in [0.15, 0.2) is 0 Å². The Kier molecular flexibility index (Phi) is 7.01. The van der Waals surface area contributed by atoms with Crippen molar-refractivity contribution >= 4 is 56.2 Å². The van der Waals surface area contributed by atoms with Crippen LogP contribution in [0.5, 0.6) is 0 Å². The summed E-state index contributed by atoms with van der Waals surface area (Å²) in [5.74, 6) is -0.179. The Morgan fingerprint density at radius 1 is 1.21 bits per heavy atom. The molecule has 0 saturated carbocycles. The molecule has 152 valence electrons. The molecule has 0 unspecified atom stereocenters. The molecular weight excluding hydrogens is 441 g/mol. The quantitative estimate of drug-likeness (QED) is 0.684. The summed E-state index contributed by atoms with van der Waals surface area (Å²) in [6.07, 6.45) is 1.28. The lowest BCUT2D eigenvalue weighted by atomic mass is 10.0. The standard InChI is InChI=1S/C18H21Cl2N3O3S2/c1-12(18(24)21-15-5-2-4-14(19)17(15)20)23-9-7-13(8-10-23)22-28(25,26)16-6-3-11-27-16/h2-6,11-13,22H,7-10H2,1H3,(H,21,24)/t12-/m1/s1. The number of rotatable bonds is 6. The number of benzene rings is 1. The third-order valence-electron chi connectivity index (χ3n) is 4.75. The molecule has 10 heteroatoms. The van der Waals surface area contributed by atoms with Gasteiger partial charge in [-0.15, -0.1) is 11.3 Å². The average Bonchev–Trinajstić information content (AvgIpc) is 3.21. The number of thiophene rings is 1. The number of carbonyl (C=O) groups excluding carboxylic acids is 1. The minimum atomic E-state index is -3.48. The van der Waals surface area contributed by atoms with Gasteiger partial charge >= 0.3 is 0 Å². The molecule has 1 amide bonds. The molecule has 2 aromatic rings. The SMILES string of the molecule is C[C@H](C(=O)Nc1cccc(Cl)c1Cl)N1CCC(NS(=O)(=O)c2cccs2)CC1. The highest BCUT2D eigenvalue weighted by Gasteiger charge is 2.29. The van der Waals surface area contributed by atoms with E-state index in [9.17, 15) is 13.2 Å². The Morgan fingerprint density at radius 2 is 1.93 bits per heavy atom. The molecular formula is C18H21Cl2N3O3S2. The Hall–Kier alpha value is -1.16. The molecule has 1 aromatic heterocycles. The maximum atomic E-state index is 12.6. The lowest BCUT2D eigenvalue weighted by Crippen LogP contribution is -2.50. The van der Waals surface area contributed by atoms with Gasteiger partial charge in [0.05, 0.1) is 21.8 Å². The normalized spacial score (nSPS) is 17.4. The van der Waals surface area contributed by atoms with Gasteiger partial charge in [-0.3, -0.25) is 9.69 Å². The van der Waals surface area contributed by atoms with Crippen molar-refractivity contribution in [2.75, 3.05) is 18.4 Å². The summed E-state index contributed by atoms with van der Waals surface area (Å²) < 4.78 is 27.8. The topological polar surface area (TPSA) is 78.5 Å². The maximum Gasteiger partial charge on any atom is 0.250 e. The van der Waals surface area contributed by atoms with E-state index in [4.69, 9.17) is 23.2 Å². The molecule has 3 rings (SSSR count). The zero-order valence-electron chi connectivity index (χ0n) is 15.2. The van der Waals surface area contributed by atoms with E-state index in [0.29, 0.717) is 45.9 Å². The summed E-state index contributed by atoms with van der Waals surface area (Å²) in [7, 11) is -3.48. The fourth-order valence-corrected chi connectivity index (χ4v) is 5.76. The van der Waals surface area contributed by atoms with Crippen LogP contribution in [0, 0.1) is 0 Å². The summed E-state index contributed by atoms with van der Waals surface area (Å²) >= 11 is 13.3. The first-order valence-electron chi connectivity index (χ1n) is 8.82. The molecule has 0 spiro atoms. The number of nitrogens with one attached hydrogen (secondary N) is 2. The van der Waals surface area contributed by atoms with Crippen molar-refractivity contribution in [2.24, 2.45) is 0 Å². The average molecular weight is 462 g/mol. The predicted octanol–water partition coefficient (Wildman–Crippen LogP) is 3.82. The first-order chi connectivity index (χ1) is 13.3. The van der Waals surface area contributed by atoms with Gasteiger partial charge in [-0.05, 0) is 43.3 Å². The monoisotopic (exact) mass is 461 g/mol. The van der Waals surface area contributed by atoms with E-state index in [2.05, 4.69) is 10.0 Å². The predicted molar refractivity (Wildman–Crippen MR) is 114 cm³/mol. The van der Waals surface area contributed by atoms with Gasteiger partial charge in [-0.25, -0.2) is 13.1 Å². The molecule has 6 nitrogen and oxygen atoms in total. The third-order valence-corrected chi connectivity index (χ3v) is 8.48. The molecule has 1 aliphatic rings. The smallest absolute Gasteiger partial charge is 0.250 e. The van der Waals surface area contributed by atoms with Crippen LogP contribution in [-0.4, -0.2) is 44.4 Å². The molecule has 1 fully saturated rings. The lowest BCUT2D eigenvalue weighted by molar-refractivity contribution is -0.121. The van der Waals surface area contributed by atoms with Crippen LogP contribution in [0.25, 0.3) is 0 Å². The van der Waals surface area contributed by atoms with E-state index >= 15 is 0 Å². The fraction of sp³-hybridized carbons (Fsp3) is 0.389. The minimum Gasteiger partial charge on any atom is -0.323 e. The summed E-state index contributed by atoms with van der Waals surface area (Å²) in [6.45, 7) is 3.06. The second kappa shape index (κ2) is 9.11. The molecule has 28 heavy (non-hydrogen) atoms. The summed E-state index contributed by atoms with van der Waals surface area (Å²) in [5.41, 5.74) is 0.476. The number of carbonyl (C=O) groups is 1. The summed E-state index contributed by atoms with van der Waals surface area (Å²) in [6, 6.07) is 7.88. The molecule has 0 radical (unpaired) electrons. The van der Waals surface area contributed by atoms with E-state index < -0.39 is 10.0 Å². The van der Waals surface area contributed by atoms with E-state index in [1.165, 1.54) is 11.3 Å². The van der Waals surface area contributed by atoms with Gasteiger partial charge in [-0.2, -0.15) is 0 Å². The molecule has 1 atom stereocenters. The zero-order chi connectivity index (χ0) is 20.3. The van der Waals surface area contributed by atoms with Crippen molar-refractivity contribution in [1.82, 2.24) is 9.62 Å². The maximum absolute atomic E-state index is 12.6. The Morgan fingerprint density at radius 3 is 2.57 bits per heavy atom. The third kappa shape index (κ3) is 5.06. The highest BCUT2D eigenvalue weighted by Crippen LogP contribution is 2.30. The number of amides is 1. The van der Waals surface area contributed by atoms with Crippen LogP contribution in [0.1, 0.15) is 19.8 Å². The van der Waals surface area contributed by atoms with Gasteiger partial charge < -0.3 is 5.32 Å². The molecule has 0 aliphatic carbocycles. The summed E-state index contributed by atoms with van der Waals surface area (Å²) in [5, 5.41) is 5.24. The van der Waals surface area contributed by atoms with Crippen LogP contribution in [0.3, 0.4) is 0 Å². The lowest BCUT2D eigenvalue weighted by Gasteiger charge is -2.35. The Bertz CT molecular complexity index is 928. The molecule has 1 saturated heterocycles. The number of halogens is 2. The van der Waals surface area contributed by atoms with Crippen molar-refractivity contribution < 1.29 is 13.2 Å². The number of likely N-dealkylation sites (tertiary alicyclic amines) is 1. The molecule has 2 heterocycles. The van der Waals surface area contributed by atoms with Crippen LogP contribution in [0.2, 0.25) is 10.0 Å². The summed E-state index contributed by atoms with van der Waals surface area (Å²) in [4.78, 5) is 14.6. The van der Waals surface area contributed by atoms with E-state index in [0.717, 1.165) is 0 Å². The zero-order valence-corrected chi connectivity index (χ0v) is 18.3. The van der Waals surface area contributed by atoms with Gasteiger partial charge in [0.1, 0.15) is 4.21 Å². The van der Waals surface area contributed by atoms with Crippen LogP contribution < -0.4 is 10.0 Å². The van der Waals surface area contributed by atoms with Gasteiger partial charge in [0.2, 0.25) is 15.9 Å². The van der Waals surface area contributed by atoms with Crippen molar-refractivity contribution in [3.63, 3.8) is 0 Å². The number of hydrogen-bond donors (Lipinski definition) is 2. The van der Waals surface area contributed by atoms with Crippen molar-refractivity contribution in [3.8, 4) is 0 Å². The number of hydrogen-bond acceptors (Lipinski definition) is 5. The molecule has 2 N–H and O–H groups in total. The highest BCUT2D eigenvalue weighted by atomic mass is 35.5. The first-order valence-corrected chi connectivity index (χ1v) is 11.9. The van der Waals surface area contributed by atoms with Crippen molar-refractivity contribution in [2.45, 2.75) is 36.1 Å². The van der Waals surface area contributed by atoms with Gasteiger partial charge in [0, 0.05) is 19.1 Å². The number of nitrogens with zero attached hydrogens (tertiary/aromatic N) is 1. The Balaban J connectivity index is 1.54. The number of anilines is 1. The second-order valence-electron chi connectivity index (χ2n) is 6.63. The molecule has 1 aromatic carbocycles. The molecule has 1 aliphatic heterocycles. The number of sulfonamides is 1. The van der Waals surface area contributed by atoms with Crippen LogP contribution in [-0.2, 0) is 14.8 Å². The van der Waals surface area contributed by atoms with Gasteiger partial charge in [-0.1, -0.05) is 35.3 Å². The van der Waals surface area contributed by atoms with Crippen LogP contribution >= 0.6 is 34.5 Å². The Labute approximate surface area is 178 Å². The van der Waals surface area contributed by atoms with E-state index in [1.807, 2.05) is 11.8 Å².